The summed E-state index contributed by atoms with van der Waals surface area (Å²) < 4.78 is 0. The summed E-state index contributed by atoms with van der Waals surface area (Å²) in [6.07, 6.45) is 4.17. The molecular weight excluding hydrogens is 146 g/mol. The number of hydrogen-bond donors (Lipinski definition) is 0. The fourth-order valence-corrected chi connectivity index (χ4v) is 2.11. The summed E-state index contributed by atoms with van der Waals surface area (Å²) in [6.45, 7) is 2.10. The van der Waals surface area contributed by atoms with E-state index in [1.165, 1.54) is 0 Å². The predicted molar refractivity (Wildman–Crippen MR) is 41.8 cm³/mol. The smallest absolute Gasteiger partial charge is 0.133 e. The highest BCUT2D eigenvalue weighted by molar-refractivity contribution is 6.26. The van der Waals surface area contributed by atoms with Gasteiger partial charge in [-0.25, -0.2) is 0 Å². The highest BCUT2D eigenvalue weighted by Crippen LogP contribution is 2.42. The van der Waals surface area contributed by atoms with E-state index in [2.05, 4.69) is 13.0 Å². The molecule has 1 saturated carbocycles. The van der Waals surface area contributed by atoms with Crippen molar-refractivity contribution in [3.63, 3.8) is 0 Å². The van der Waals surface area contributed by atoms with E-state index in [1.54, 1.807) is 0 Å². The van der Waals surface area contributed by atoms with Crippen LogP contribution in [0.15, 0.2) is 0 Å². The van der Waals surface area contributed by atoms with Gasteiger partial charge in [-0.3, -0.25) is 0 Å². The zero-order valence-corrected chi connectivity index (χ0v) is 6.99. The first kappa shape index (κ1) is 7.88. The van der Waals surface area contributed by atoms with Crippen LogP contribution in [0.4, 0.5) is 0 Å². The minimum absolute atomic E-state index is 0.430. The van der Waals surface area contributed by atoms with Crippen LogP contribution in [-0.4, -0.2) is 4.87 Å². The summed E-state index contributed by atoms with van der Waals surface area (Å²) in [6, 6.07) is 2.21. The quantitative estimate of drug-likeness (QED) is 0.537. The maximum Gasteiger partial charge on any atom is 0.133 e. The molecule has 1 aliphatic carbocycles. The summed E-state index contributed by atoms with van der Waals surface area (Å²) in [5.41, 5.74) is 0. The van der Waals surface area contributed by atoms with Gasteiger partial charge in [-0.1, -0.05) is 19.8 Å². The Balaban J connectivity index is 2.68. The first-order valence-corrected chi connectivity index (χ1v) is 4.21. The molecule has 0 aromatic heterocycles. The van der Waals surface area contributed by atoms with Crippen molar-refractivity contribution >= 4 is 11.6 Å². The molecule has 0 saturated heterocycles. The van der Waals surface area contributed by atoms with E-state index in [1.807, 2.05) is 0 Å². The first-order chi connectivity index (χ1) is 4.73. The van der Waals surface area contributed by atoms with Crippen molar-refractivity contribution in [3.05, 3.63) is 0 Å². The van der Waals surface area contributed by atoms with E-state index >= 15 is 0 Å². The van der Waals surface area contributed by atoms with Crippen LogP contribution in [0, 0.1) is 17.2 Å². The van der Waals surface area contributed by atoms with Crippen LogP contribution < -0.4 is 0 Å². The Hall–Kier alpha value is -0.220. The Labute approximate surface area is 67.0 Å². The maximum absolute atomic E-state index is 8.74. The van der Waals surface area contributed by atoms with Gasteiger partial charge in [0.05, 0.1) is 6.07 Å². The average molecular weight is 158 g/mol. The summed E-state index contributed by atoms with van der Waals surface area (Å²) in [5, 5.41) is 8.74. The number of alkyl halides is 1. The minimum atomic E-state index is -0.519. The third kappa shape index (κ3) is 1.13. The largest absolute Gasteiger partial charge is 0.196 e. The maximum atomic E-state index is 8.74. The first-order valence-electron chi connectivity index (χ1n) is 3.83. The van der Waals surface area contributed by atoms with Crippen LogP contribution in [-0.2, 0) is 0 Å². The van der Waals surface area contributed by atoms with Gasteiger partial charge in [0.15, 0.2) is 0 Å². The van der Waals surface area contributed by atoms with Crippen LogP contribution in [0.2, 0.25) is 0 Å². The van der Waals surface area contributed by atoms with Gasteiger partial charge < -0.3 is 0 Å². The lowest BCUT2D eigenvalue weighted by Crippen LogP contribution is -2.23. The molecule has 2 atom stereocenters. The van der Waals surface area contributed by atoms with Gasteiger partial charge in [-0.2, -0.15) is 5.26 Å². The molecule has 0 aromatic carbocycles. The molecule has 2 heteroatoms. The highest BCUT2D eigenvalue weighted by Gasteiger charge is 2.40. The Morgan fingerprint density at radius 1 is 1.80 bits per heavy atom. The van der Waals surface area contributed by atoms with Crippen molar-refractivity contribution in [2.45, 2.75) is 37.5 Å². The average Bonchev–Trinajstić information content (AvgIpc) is 2.32. The second-order valence-electron chi connectivity index (χ2n) is 2.97. The van der Waals surface area contributed by atoms with E-state index in [0.717, 1.165) is 25.7 Å². The van der Waals surface area contributed by atoms with Crippen molar-refractivity contribution in [1.82, 2.24) is 0 Å². The number of rotatable bonds is 1. The highest BCUT2D eigenvalue weighted by atomic mass is 35.5. The molecule has 1 fully saturated rings. The molecule has 0 aromatic rings. The molecule has 0 radical (unpaired) electrons. The van der Waals surface area contributed by atoms with E-state index in [0.29, 0.717) is 5.92 Å². The topological polar surface area (TPSA) is 23.8 Å². The molecule has 2 unspecified atom stereocenters. The van der Waals surface area contributed by atoms with Crippen molar-refractivity contribution in [3.8, 4) is 6.07 Å². The number of nitriles is 1. The number of hydrogen-bond acceptors (Lipinski definition) is 1. The van der Waals surface area contributed by atoms with Gasteiger partial charge >= 0.3 is 0 Å². The Morgan fingerprint density at radius 2 is 2.50 bits per heavy atom. The molecule has 0 amide bonds. The van der Waals surface area contributed by atoms with E-state index in [4.69, 9.17) is 16.9 Å². The Morgan fingerprint density at radius 3 is 2.90 bits per heavy atom. The van der Waals surface area contributed by atoms with Crippen molar-refractivity contribution in [1.29, 1.82) is 5.26 Å². The number of nitrogens with zero attached hydrogens (tertiary/aromatic N) is 1. The summed E-state index contributed by atoms with van der Waals surface area (Å²) in [5.74, 6) is 0.430. The van der Waals surface area contributed by atoms with Gasteiger partial charge in [0.2, 0.25) is 0 Å². The summed E-state index contributed by atoms with van der Waals surface area (Å²) in [7, 11) is 0. The summed E-state index contributed by atoms with van der Waals surface area (Å²) in [4.78, 5) is -0.519. The van der Waals surface area contributed by atoms with Gasteiger partial charge in [0.25, 0.3) is 0 Å². The minimum Gasteiger partial charge on any atom is -0.196 e. The molecule has 0 aliphatic heterocycles. The molecule has 10 heavy (non-hydrogen) atoms. The van der Waals surface area contributed by atoms with E-state index < -0.39 is 4.87 Å². The Kier molecular flexibility index (Phi) is 2.21. The van der Waals surface area contributed by atoms with Gasteiger partial charge in [0.1, 0.15) is 4.87 Å². The molecule has 0 bridgehead atoms. The molecule has 1 aliphatic rings. The van der Waals surface area contributed by atoms with Crippen molar-refractivity contribution < 1.29 is 0 Å². The van der Waals surface area contributed by atoms with E-state index in [9.17, 15) is 0 Å². The molecule has 0 spiro atoms. The third-order valence-corrected chi connectivity index (χ3v) is 3.00. The standard InChI is InChI=1S/C8H12ClN/c1-2-7-4-3-5-8(7,9)6-10/h7H,2-5H2,1H3. The fourth-order valence-electron chi connectivity index (χ4n) is 1.71. The number of halogens is 1. The van der Waals surface area contributed by atoms with Crippen molar-refractivity contribution in [2.75, 3.05) is 0 Å². The van der Waals surface area contributed by atoms with Gasteiger partial charge in [-0.05, 0) is 18.8 Å². The van der Waals surface area contributed by atoms with Crippen LogP contribution >= 0.6 is 11.6 Å². The monoisotopic (exact) mass is 157 g/mol. The fraction of sp³-hybridized carbons (Fsp3) is 0.875. The van der Waals surface area contributed by atoms with Crippen molar-refractivity contribution in [2.24, 2.45) is 5.92 Å². The third-order valence-electron chi connectivity index (χ3n) is 2.42. The lowest BCUT2D eigenvalue weighted by molar-refractivity contribution is 0.479. The molecule has 1 nitrogen and oxygen atoms in total. The van der Waals surface area contributed by atoms with Crippen LogP contribution in [0.1, 0.15) is 32.6 Å². The van der Waals surface area contributed by atoms with E-state index in [-0.39, 0.29) is 0 Å². The molecule has 0 heterocycles. The SMILES string of the molecule is CCC1CCCC1(Cl)C#N. The zero-order valence-electron chi connectivity index (χ0n) is 6.23. The van der Waals surface area contributed by atoms with Crippen LogP contribution in [0.25, 0.3) is 0 Å². The second-order valence-corrected chi connectivity index (χ2v) is 3.65. The molecular formula is C8H12ClN. The van der Waals surface area contributed by atoms with Gasteiger partial charge in [-0.15, -0.1) is 11.6 Å². The second kappa shape index (κ2) is 2.80. The lowest BCUT2D eigenvalue weighted by Gasteiger charge is -2.19. The lowest BCUT2D eigenvalue weighted by atomic mass is 9.94. The molecule has 56 valence electrons. The predicted octanol–water partition coefficient (Wildman–Crippen LogP) is 2.70. The Bertz CT molecular complexity index is 161. The molecule has 0 N–H and O–H groups in total. The normalized spacial score (nSPS) is 39.5. The van der Waals surface area contributed by atoms with Gasteiger partial charge in [0, 0.05) is 0 Å². The van der Waals surface area contributed by atoms with Crippen LogP contribution in [0.3, 0.4) is 0 Å². The zero-order chi connectivity index (χ0) is 7.61. The summed E-state index contributed by atoms with van der Waals surface area (Å²) >= 11 is 6.06. The van der Waals surface area contributed by atoms with Crippen LogP contribution in [0.5, 0.6) is 0 Å². The molecule has 1 rings (SSSR count).